The highest BCUT2D eigenvalue weighted by Crippen LogP contribution is 1.87. The van der Waals surface area contributed by atoms with E-state index < -0.39 is 0 Å². The van der Waals surface area contributed by atoms with Crippen LogP contribution in [0.4, 0.5) is 0 Å². The molecule has 0 aromatic carbocycles. The minimum atomic E-state index is -0.347. The van der Waals surface area contributed by atoms with Crippen LogP contribution in [0.2, 0.25) is 0 Å². The summed E-state index contributed by atoms with van der Waals surface area (Å²) < 4.78 is 8.44. The van der Waals surface area contributed by atoms with Gasteiger partial charge >= 0.3 is 11.9 Å². The van der Waals surface area contributed by atoms with Gasteiger partial charge in [-0.15, -0.1) is 0 Å². The Morgan fingerprint density at radius 2 is 1.62 bits per heavy atom. The molecule has 0 radical (unpaired) electrons. The Labute approximate surface area is 101 Å². The van der Waals surface area contributed by atoms with Gasteiger partial charge in [-0.2, -0.15) is 0 Å². The largest absolute Gasteiger partial charge is 0.466 e. The molecule has 0 rings (SSSR count). The Morgan fingerprint density at radius 1 is 1.25 bits per heavy atom. The van der Waals surface area contributed by atoms with Crippen LogP contribution in [0.1, 0.15) is 13.8 Å². The summed E-state index contributed by atoms with van der Waals surface area (Å²) in [5.74, 6) is -0.676. The fourth-order valence-electron chi connectivity index (χ4n) is 0.292. The number of carbonyl (C=O) groups is 2. The van der Waals surface area contributed by atoms with Crippen LogP contribution in [-0.2, 0) is 19.1 Å². The van der Waals surface area contributed by atoms with Gasteiger partial charge in [0.25, 0.3) is 0 Å². The number of rotatable bonds is 2. The first kappa shape index (κ1) is 19.9. The first-order valence-electron chi connectivity index (χ1n) is 4.10. The maximum atomic E-state index is 10.2. The number of hydrogen-bond acceptors (Lipinski definition) is 4. The van der Waals surface area contributed by atoms with Crippen LogP contribution in [0.15, 0.2) is 37.1 Å². The Hall–Kier alpha value is -1.55. The first-order valence-corrected chi connectivity index (χ1v) is 4.54. The maximum Gasteiger partial charge on any atom is 0.332 e. The number of halogens is 1. The molecule has 0 aromatic rings. The number of esters is 2. The van der Waals surface area contributed by atoms with E-state index >= 15 is 0 Å². The predicted octanol–water partition coefficient (Wildman–Crippen LogP) is 2.80. The highest BCUT2D eigenvalue weighted by atomic mass is 35.5. The molecule has 0 saturated carbocycles. The van der Waals surface area contributed by atoms with Crippen LogP contribution in [0.5, 0.6) is 0 Å². The maximum absolute atomic E-state index is 10.2. The Kier molecular flexibility index (Phi) is 19.8. The molecule has 16 heavy (non-hydrogen) atoms. The molecule has 0 aromatic heterocycles. The predicted molar refractivity (Wildman–Crippen MR) is 64.8 cm³/mol. The molecule has 0 unspecified atom stereocenters. The third kappa shape index (κ3) is 29.4. The standard InChI is InChI=1S/C5H8O2.C4H6O2.C2H3Cl/c1-4(2)5(6)7-3;1-3-6-4(2)5;1-2-3/h1H2,2-3H3;3H,1H2,2H3;2H,1H2. The van der Waals surface area contributed by atoms with Crippen molar-refractivity contribution in [1.29, 1.82) is 0 Å². The second kappa shape index (κ2) is 15.9. The molecule has 0 aliphatic heterocycles. The average Bonchev–Trinajstić information content (AvgIpc) is 2.18. The summed E-state index contributed by atoms with van der Waals surface area (Å²) in [6.45, 7) is 12.6. The molecular formula is C11H17ClO4. The van der Waals surface area contributed by atoms with Gasteiger partial charge in [0, 0.05) is 12.5 Å². The highest BCUT2D eigenvalue weighted by molar-refractivity contribution is 6.25. The van der Waals surface area contributed by atoms with E-state index in [4.69, 9.17) is 11.6 Å². The molecule has 0 saturated heterocycles. The van der Waals surface area contributed by atoms with E-state index in [0.717, 1.165) is 6.26 Å². The summed E-state index contributed by atoms with van der Waals surface area (Å²) in [7, 11) is 1.33. The molecule has 4 nitrogen and oxygen atoms in total. The van der Waals surface area contributed by atoms with Gasteiger partial charge in [0.15, 0.2) is 0 Å². The number of methoxy groups -OCH3 is 1. The van der Waals surface area contributed by atoms with Gasteiger partial charge in [0.05, 0.1) is 13.4 Å². The van der Waals surface area contributed by atoms with Gasteiger partial charge in [-0.05, 0) is 12.5 Å². The average molecular weight is 249 g/mol. The van der Waals surface area contributed by atoms with Gasteiger partial charge in [-0.1, -0.05) is 31.3 Å². The van der Waals surface area contributed by atoms with Gasteiger partial charge in [-0.3, -0.25) is 4.79 Å². The van der Waals surface area contributed by atoms with Crippen LogP contribution in [0.3, 0.4) is 0 Å². The Bertz CT molecular complexity index is 246. The summed E-state index contributed by atoms with van der Waals surface area (Å²) in [5, 5.41) is 0. The van der Waals surface area contributed by atoms with Crippen molar-refractivity contribution in [2.45, 2.75) is 13.8 Å². The molecule has 0 fully saturated rings. The van der Waals surface area contributed by atoms with Crippen LogP contribution < -0.4 is 0 Å². The summed E-state index contributed by atoms with van der Waals surface area (Å²) in [6.07, 6.45) is 1.10. The zero-order valence-electron chi connectivity index (χ0n) is 9.79. The van der Waals surface area contributed by atoms with Crippen LogP contribution in [-0.4, -0.2) is 19.0 Å². The lowest BCUT2D eigenvalue weighted by molar-refractivity contribution is -0.136. The zero-order valence-corrected chi connectivity index (χ0v) is 10.5. The molecule has 0 amide bonds. The van der Waals surface area contributed by atoms with Crippen LogP contribution in [0, 0.1) is 0 Å². The van der Waals surface area contributed by atoms with Gasteiger partial charge < -0.3 is 9.47 Å². The highest BCUT2D eigenvalue weighted by Gasteiger charge is 1.95. The number of ether oxygens (including phenoxy) is 2. The van der Waals surface area contributed by atoms with Crippen LogP contribution >= 0.6 is 11.6 Å². The molecule has 5 heteroatoms. The molecule has 0 heterocycles. The summed E-state index contributed by atoms with van der Waals surface area (Å²) >= 11 is 4.76. The Morgan fingerprint density at radius 3 is 1.62 bits per heavy atom. The summed E-state index contributed by atoms with van der Waals surface area (Å²) in [4.78, 5) is 19.9. The fourth-order valence-corrected chi connectivity index (χ4v) is 0.292. The SMILES string of the molecule is C=C(C)C(=O)OC.C=CCl.C=COC(C)=O. The zero-order chi connectivity index (χ0) is 13.6. The molecule has 0 atom stereocenters. The van der Waals surface area contributed by atoms with Crippen molar-refractivity contribution in [3.8, 4) is 0 Å². The molecule has 92 valence electrons. The summed E-state index contributed by atoms with van der Waals surface area (Å²) in [6, 6.07) is 0. The van der Waals surface area contributed by atoms with Gasteiger partial charge in [-0.25, -0.2) is 4.79 Å². The Balaban J connectivity index is -0.000000172. The molecule has 0 bridgehead atoms. The van der Waals surface area contributed by atoms with Crippen molar-refractivity contribution in [2.75, 3.05) is 7.11 Å². The minimum Gasteiger partial charge on any atom is -0.466 e. The molecule has 0 N–H and O–H groups in total. The van der Waals surface area contributed by atoms with E-state index in [-0.39, 0.29) is 11.9 Å². The first-order chi connectivity index (χ1) is 7.37. The van der Waals surface area contributed by atoms with E-state index in [1.165, 1.54) is 19.6 Å². The monoisotopic (exact) mass is 248 g/mol. The lowest BCUT2D eigenvalue weighted by atomic mass is 10.4. The smallest absolute Gasteiger partial charge is 0.332 e. The molecule has 0 aliphatic carbocycles. The van der Waals surface area contributed by atoms with Crippen molar-refractivity contribution in [3.05, 3.63) is 37.1 Å². The van der Waals surface area contributed by atoms with Gasteiger partial charge in [0.1, 0.15) is 0 Å². The third-order valence-electron chi connectivity index (χ3n) is 0.783. The normalized spacial score (nSPS) is 6.75. The van der Waals surface area contributed by atoms with Crippen molar-refractivity contribution < 1.29 is 19.1 Å². The van der Waals surface area contributed by atoms with Crippen molar-refractivity contribution in [3.63, 3.8) is 0 Å². The second-order valence-electron chi connectivity index (χ2n) is 2.20. The third-order valence-corrected chi connectivity index (χ3v) is 0.783. The van der Waals surface area contributed by atoms with E-state index in [1.807, 2.05) is 0 Å². The molecule has 0 spiro atoms. The van der Waals surface area contributed by atoms with Crippen molar-refractivity contribution >= 4 is 23.5 Å². The summed E-state index contributed by atoms with van der Waals surface area (Å²) in [5.41, 5.74) is 1.66. The van der Waals surface area contributed by atoms with E-state index in [1.54, 1.807) is 6.92 Å². The topological polar surface area (TPSA) is 52.6 Å². The van der Waals surface area contributed by atoms with E-state index in [2.05, 4.69) is 29.2 Å². The van der Waals surface area contributed by atoms with E-state index in [0.29, 0.717) is 5.57 Å². The minimum absolute atomic E-state index is 0.329. The van der Waals surface area contributed by atoms with Crippen molar-refractivity contribution in [1.82, 2.24) is 0 Å². The van der Waals surface area contributed by atoms with Gasteiger partial charge in [0.2, 0.25) is 0 Å². The second-order valence-corrected chi connectivity index (χ2v) is 2.51. The quantitative estimate of drug-likeness (QED) is 0.428. The lowest BCUT2D eigenvalue weighted by Gasteiger charge is -1.91. The van der Waals surface area contributed by atoms with Crippen molar-refractivity contribution in [2.24, 2.45) is 0 Å². The molecule has 0 aliphatic rings. The lowest BCUT2D eigenvalue weighted by Crippen LogP contribution is -1.98. The van der Waals surface area contributed by atoms with Crippen LogP contribution in [0.25, 0.3) is 0 Å². The molecular weight excluding hydrogens is 232 g/mol. The van der Waals surface area contributed by atoms with E-state index in [9.17, 15) is 9.59 Å². The fraction of sp³-hybridized carbons (Fsp3) is 0.273. The number of hydrogen-bond donors (Lipinski definition) is 0. The number of carbonyl (C=O) groups excluding carboxylic acids is 2.